The summed E-state index contributed by atoms with van der Waals surface area (Å²) >= 11 is 0. The summed E-state index contributed by atoms with van der Waals surface area (Å²) in [4.78, 5) is 25.4. The molecule has 0 spiro atoms. The fraction of sp³-hybridized carbons (Fsp3) is 0.304. The van der Waals surface area contributed by atoms with Crippen LogP contribution >= 0.6 is 0 Å². The number of carbonyl (C=O) groups is 2. The summed E-state index contributed by atoms with van der Waals surface area (Å²) in [6.07, 6.45) is 6.04. The molecule has 0 fully saturated rings. The van der Waals surface area contributed by atoms with Gasteiger partial charge in [0.25, 0.3) is 5.91 Å². The van der Waals surface area contributed by atoms with E-state index in [9.17, 15) is 13.8 Å². The Morgan fingerprint density at radius 1 is 1.10 bits per heavy atom. The van der Waals surface area contributed by atoms with Crippen LogP contribution < -0.4 is 10.0 Å². The Morgan fingerprint density at radius 3 is 2.40 bits per heavy atom. The molecule has 154 valence electrons. The molecule has 1 aliphatic heterocycles. The smallest absolute Gasteiger partial charge is 0.305 e. The Labute approximate surface area is 176 Å². The number of allylic oxidation sites excluding steroid dienone is 1. The molecule has 5 rings (SSSR count). The van der Waals surface area contributed by atoms with Gasteiger partial charge in [-0.3, -0.25) is 9.52 Å². The Bertz CT molecular complexity index is 1240. The Balaban J connectivity index is 1.55. The third-order valence-electron chi connectivity index (χ3n) is 6.16. The lowest BCUT2D eigenvalue weighted by Gasteiger charge is -2.15. The van der Waals surface area contributed by atoms with E-state index in [4.69, 9.17) is 0 Å². The number of fused-ring (bicyclic) bond motifs is 3. The molecule has 2 aliphatic carbocycles. The molecule has 2 N–H and O–H groups in total. The van der Waals surface area contributed by atoms with Gasteiger partial charge in [0.05, 0.1) is 10.5 Å². The fourth-order valence-corrected chi connectivity index (χ4v) is 6.37. The molecule has 0 saturated carbocycles. The normalized spacial score (nSPS) is 20.9. The Kier molecular flexibility index (Phi) is 4.32. The van der Waals surface area contributed by atoms with Crippen LogP contribution in [0.15, 0.2) is 40.1 Å². The predicted octanol–water partition coefficient (Wildman–Crippen LogP) is 4.41. The van der Waals surface area contributed by atoms with Crippen molar-refractivity contribution in [2.45, 2.75) is 50.3 Å². The van der Waals surface area contributed by atoms with Gasteiger partial charge in [-0.25, -0.2) is 9.00 Å². The first-order valence-corrected chi connectivity index (χ1v) is 11.7. The second-order valence-electron chi connectivity index (χ2n) is 8.20. The van der Waals surface area contributed by atoms with Crippen LogP contribution in [0.5, 0.6) is 0 Å². The van der Waals surface area contributed by atoms with E-state index in [0.29, 0.717) is 0 Å². The predicted molar refractivity (Wildman–Crippen MR) is 117 cm³/mol. The Morgan fingerprint density at radius 2 is 1.77 bits per heavy atom. The van der Waals surface area contributed by atoms with Gasteiger partial charge in [0.2, 0.25) is 0 Å². The third kappa shape index (κ3) is 2.96. The van der Waals surface area contributed by atoms with Crippen molar-refractivity contribution in [3.63, 3.8) is 0 Å². The molecule has 30 heavy (non-hydrogen) atoms. The second kappa shape index (κ2) is 6.80. The number of nitrogens with zero attached hydrogens (tertiary/aromatic N) is 1. The molecule has 3 aliphatic rings. The number of hydrogen-bond acceptors (Lipinski definition) is 3. The van der Waals surface area contributed by atoms with Gasteiger partial charge in [-0.15, -0.1) is 4.36 Å². The summed E-state index contributed by atoms with van der Waals surface area (Å²) in [6.45, 7) is 5.72. The quantitative estimate of drug-likeness (QED) is 0.753. The highest BCUT2D eigenvalue weighted by Gasteiger charge is 2.33. The number of hydrogen-bond donors (Lipinski definition) is 2. The lowest BCUT2D eigenvalue weighted by molar-refractivity contribution is 0.0985. The number of nitrogens with one attached hydrogen (secondary N) is 2. The summed E-state index contributed by atoms with van der Waals surface area (Å²) in [7, 11) is -3.39. The molecule has 6 nitrogen and oxygen atoms in total. The number of amides is 3. The van der Waals surface area contributed by atoms with Crippen LogP contribution in [-0.4, -0.2) is 16.1 Å². The van der Waals surface area contributed by atoms with Crippen LogP contribution in [0.2, 0.25) is 0 Å². The number of rotatable bonds is 2. The average molecular weight is 422 g/mol. The standard InChI is InChI=1S/C23H23N3O3S/c1-13(2)14-9-10-19-20(12-14)30(29,25-22(19)27)26-23(28)24-21-17-7-3-5-15(17)11-16-6-4-8-18(16)21/h9-12H,1,3-8H2,2H3,(H2,24,25,26,27,28,29)/t30-/m0/s1. The molecule has 7 heteroatoms. The summed E-state index contributed by atoms with van der Waals surface area (Å²) in [5, 5.41) is 2.92. The molecule has 1 heterocycles. The maximum absolute atomic E-state index is 13.5. The summed E-state index contributed by atoms with van der Waals surface area (Å²) in [6, 6.07) is 6.58. The molecule has 1 atom stereocenters. The first kappa shape index (κ1) is 19.1. The van der Waals surface area contributed by atoms with Crippen LogP contribution in [0.25, 0.3) is 5.57 Å². The molecule has 0 unspecified atom stereocenters. The van der Waals surface area contributed by atoms with Crippen molar-refractivity contribution < 1.29 is 13.8 Å². The maximum atomic E-state index is 13.5. The lowest BCUT2D eigenvalue weighted by atomic mass is 9.99. The largest absolute Gasteiger partial charge is 0.355 e. The van der Waals surface area contributed by atoms with Gasteiger partial charge in [0.15, 0.2) is 9.92 Å². The van der Waals surface area contributed by atoms with Crippen molar-refractivity contribution in [3.05, 3.63) is 64.2 Å². The highest BCUT2D eigenvalue weighted by molar-refractivity contribution is 7.93. The van der Waals surface area contributed by atoms with Crippen LogP contribution in [-0.2, 0) is 35.6 Å². The first-order chi connectivity index (χ1) is 14.4. The minimum absolute atomic E-state index is 0.242. The zero-order valence-corrected chi connectivity index (χ0v) is 17.7. The highest BCUT2D eigenvalue weighted by atomic mass is 32.2. The van der Waals surface area contributed by atoms with Crippen LogP contribution in [0.4, 0.5) is 10.5 Å². The van der Waals surface area contributed by atoms with Crippen LogP contribution in [0.3, 0.4) is 0 Å². The number of aryl methyl sites for hydroxylation is 2. The zero-order chi connectivity index (χ0) is 21.0. The molecule has 0 saturated heterocycles. The molecule has 0 radical (unpaired) electrons. The van der Waals surface area contributed by atoms with Gasteiger partial charge in [-0.2, -0.15) is 0 Å². The number of urea groups is 1. The van der Waals surface area contributed by atoms with Crippen molar-refractivity contribution in [3.8, 4) is 0 Å². The van der Waals surface area contributed by atoms with Gasteiger partial charge >= 0.3 is 6.03 Å². The van der Waals surface area contributed by atoms with Crippen molar-refractivity contribution in [1.82, 2.24) is 4.72 Å². The molecule has 2 aromatic carbocycles. The maximum Gasteiger partial charge on any atom is 0.355 e. The number of anilines is 1. The van der Waals surface area contributed by atoms with Crippen molar-refractivity contribution in [1.29, 1.82) is 0 Å². The van der Waals surface area contributed by atoms with Gasteiger partial charge < -0.3 is 5.32 Å². The first-order valence-electron chi connectivity index (χ1n) is 10.2. The monoisotopic (exact) mass is 421 g/mol. The third-order valence-corrected chi connectivity index (χ3v) is 7.98. The van der Waals surface area contributed by atoms with E-state index in [1.807, 2.05) is 6.92 Å². The summed E-state index contributed by atoms with van der Waals surface area (Å²) in [5.74, 6) is -0.485. The minimum Gasteiger partial charge on any atom is -0.305 e. The Hall–Kier alpha value is -2.93. The van der Waals surface area contributed by atoms with Crippen molar-refractivity contribution in [2.75, 3.05) is 5.32 Å². The molecular weight excluding hydrogens is 398 g/mol. The average Bonchev–Trinajstić information content (AvgIpc) is 3.40. The van der Waals surface area contributed by atoms with E-state index in [1.165, 1.54) is 22.3 Å². The van der Waals surface area contributed by atoms with E-state index < -0.39 is 21.9 Å². The topological polar surface area (TPSA) is 87.6 Å². The summed E-state index contributed by atoms with van der Waals surface area (Å²) in [5.41, 5.74) is 7.59. The lowest BCUT2D eigenvalue weighted by Crippen LogP contribution is -2.23. The zero-order valence-electron chi connectivity index (χ0n) is 16.8. The van der Waals surface area contributed by atoms with Gasteiger partial charge in [0.1, 0.15) is 0 Å². The van der Waals surface area contributed by atoms with Gasteiger partial charge in [-0.05, 0) is 85.4 Å². The van der Waals surface area contributed by atoms with Crippen LogP contribution in [0, 0.1) is 0 Å². The molecule has 0 bridgehead atoms. The van der Waals surface area contributed by atoms with Crippen molar-refractivity contribution in [2.24, 2.45) is 4.36 Å². The molecule has 2 aromatic rings. The number of carbonyl (C=O) groups excluding carboxylic acids is 2. The SMILES string of the molecule is C=C(C)c1ccc2c(c1)[S@@](=O)(=NC(=O)Nc1c3c(cc4c1CCC4)CCC3)NC2=O. The summed E-state index contributed by atoms with van der Waals surface area (Å²) < 4.78 is 19.8. The van der Waals surface area contributed by atoms with Crippen molar-refractivity contribution >= 4 is 33.1 Å². The van der Waals surface area contributed by atoms with E-state index in [0.717, 1.165) is 55.3 Å². The number of benzene rings is 2. The highest BCUT2D eigenvalue weighted by Crippen LogP contribution is 2.39. The van der Waals surface area contributed by atoms with E-state index in [2.05, 4.69) is 27.0 Å². The fourth-order valence-electron chi connectivity index (χ4n) is 4.73. The molecule has 0 aromatic heterocycles. The molecule has 3 amide bonds. The second-order valence-corrected chi connectivity index (χ2v) is 10.1. The van der Waals surface area contributed by atoms with Crippen LogP contribution in [0.1, 0.15) is 57.9 Å². The van der Waals surface area contributed by atoms with Gasteiger partial charge in [0, 0.05) is 5.69 Å². The van der Waals surface area contributed by atoms with E-state index in [-0.39, 0.29) is 10.5 Å². The van der Waals surface area contributed by atoms with Gasteiger partial charge in [-0.1, -0.05) is 24.3 Å². The van der Waals surface area contributed by atoms with E-state index in [1.54, 1.807) is 18.2 Å². The minimum atomic E-state index is -3.39. The molecular formula is C23H23N3O3S. The van der Waals surface area contributed by atoms with E-state index >= 15 is 0 Å².